The zero-order valence-electron chi connectivity index (χ0n) is 16.0. The summed E-state index contributed by atoms with van der Waals surface area (Å²) in [5.41, 5.74) is 1.97. The number of aryl methyl sites for hydroxylation is 1. The topological polar surface area (TPSA) is 50.1 Å². The van der Waals surface area contributed by atoms with Gasteiger partial charge in [-0.05, 0) is 17.7 Å². The molecule has 6 nitrogen and oxygen atoms in total. The molecule has 0 radical (unpaired) electrons. The van der Waals surface area contributed by atoms with Gasteiger partial charge in [0.1, 0.15) is 5.82 Å². The third kappa shape index (κ3) is 4.56. The summed E-state index contributed by atoms with van der Waals surface area (Å²) >= 11 is 0. The van der Waals surface area contributed by atoms with Gasteiger partial charge in [-0.3, -0.25) is 14.6 Å². The number of alkyl halides is 3. The lowest BCUT2D eigenvalue weighted by molar-refractivity contribution is -0.137. The van der Waals surface area contributed by atoms with Crippen LogP contribution in [-0.4, -0.2) is 50.8 Å². The second kappa shape index (κ2) is 7.82. The first-order chi connectivity index (χ1) is 13.9. The van der Waals surface area contributed by atoms with Crippen molar-refractivity contribution in [1.82, 2.24) is 24.6 Å². The van der Waals surface area contributed by atoms with Crippen molar-refractivity contribution in [3.8, 4) is 11.3 Å². The molecular formula is C20H21F3N6. The van der Waals surface area contributed by atoms with Crippen LogP contribution < -0.4 is 4.90 Å². The number of rotatable bonds is 4. The minimum atomic E-state index is -4.30. The summed E-state index contributed by atoms with van der Waals surface area (Å²) in [6.45, 7) is 3.81. The number of halogens is 3. The third-order valence-electron chi connectivity index (χ3n) is 5.01. The van der Waals surface area contributed by atoms with Gasteiger partial charge in [-0.15, -0.1) is 0 Å². The van der Waals surface area contributed by atoms with Gasteiger partial charge in [0, 0.05) is 51.5 Å². The van der Waals surface area contributed by atoms with Gasteiger partial charge < -0.3 is 4.90 Å². The van der Waals surface area contributed by atoms with Crippen LogP contribution in [0.2, 0.25) is 0 Å². The van der Waals surface area contributed by atoms with Crippen LogP contribution in [0.4, 0.5) is 19.0 Å². The van der Waals surface area contributed by atoms with Crippen LogP contribution in [0.5, 0.6) is 0 Å². The molecule has 1 aromatic carbocycles. The molecule has 0 atom stereocenters. The maximum atomic E-state index is 12.7. The van der Waals surface area contributed by atoms with Crippen LogP contribution in [0, 0.1) is 0 Å². The highest BCUT2D eigenvalue weighted by atomic mass is 19.4. The van der Waals surface area contributed by atoms with E-state index in [0.29, 0.717) is 6.54 Å². The zero-order chi connectivity index (χ0) is 20.4. The molecule has 29 heavy (non-hydrogen) atoms. The summed E-state index contributed by atoms with van der Waals surface area (Å²) in [7, 11) is 1.86. The van der Waals surface area contributed by atoms with Crippen molar-refractivity contribution in [2.75, 3.05) is 31.1 Å². The Morgan fingerprint density at radius 2 is 1.69 bits per heavy atom. The Bertz CT molecular complexity index is 959. The highest BCUT2D eigenvalue weighted by molar-refractivity contribution is 5.58. The molecule has 0 aliphatic carbocycles. The summed E-state index contributed by atoms with van der Waals surface area (Å²) in [6.07, 6.45) is 2.84. The SMILES string of the molecule is Cn1cc(-c2cncc(N3CCN(Cc4ccc(C(F)(F)F)cc4)CC3)n2)cn1. The predicted octanol–water partition coefficient (Wildman–Crippen LogP) is 3.22. The fourth-order valence-electron chi connectivity index (χ4n) is 3.39. The molecule has 1 fully saturated rings. The van der Waals surface area contributed by atoms with Crippen molar-refractivity contribution in [1.29, 1.82) is 0 Å². The van der Waals surface area contributed by atoms with Crippen molar-refractivity contribution in [3.63, 3.8) is 0 Å². The Labute approximate surface area is 166 Å². The molecule has 1 aliphatic heterocycles. The Morgan fingerprint density at radius 3 is 2.31 bits per heavy atom. The monoisotopic (exact) mass is 402 g/mol. The first kappa shape index (κ1) is 19.4. The third-order valence-corrected chi connectivity index (χ3v) is 5.01. The van der Waals surface area contributed by atoms with Gasteiger partial charge in [-0.1, -0.05) is 12.1 Å². The van der Waals surface area contributed by atoms with E-state index in [4.69, 9.17) is 4.98 Å². The van der Waals surface area contributed by atoms with E-state index in [-0.39, 0.29) is 0 Å². The number of benzene rings is 1. The molecule has 0 bridgehead atoms. The maximum Gasteiger partial charge on any atom is 0.416 e. The van der Waals surface area contributed by atoms with Crippen LogP contribution in [0.15, 0.2) is 49.1 Å². The first-order valence-corrected chi connectivity index (χ1v) is 9.33. The lowest BCUT2D eigenvalue weighted by atomic mass is 10.1. The molecule has 3 heterocycles. The second-order valence-electron chi connectivity index (χ2n) is 7.12. The molecule has 0 spiro atoms. The van der Waals surface area contributed by atoms with Gasteiger partial charge in [0.2, 0.25) is 0 Å². The highest BCUT2D eigenvalue weighted by Crippen LogP contribution is 2.29. The summed E-state index contributed by atoms with van der Waals surface area (Å²) < 4.78 is 39.8. The molecule has 0 unspecified atom stereocenters. The van der Waals surface area contributed by atoms with Crippen LogP contribution in [0.25, 0.3) is 11.3 Å². The van der Waals surface area contributed by atoms with Crippen molar-refractivity contribution < 1.29 is 13.2 Å². The maximum absolute atomic E-state index is 12.7. The second-order valence-corrected chi connectivity index (χ2v) is 7.12. The molecule has 0 saturated carbocycles. The lowest BCUT2D eigenvalue weighted by Crippen LogP contribution is -2.46. The van der Waals surface area contributed by atoms with Gasteiger partial charge in [-0.25, -0.2) is 4.98 Å². The summed E-state index contributed by atoms with van der Waals surface area (Å²) in [5.74, 6) is 0.820. The quantitative estimate of drug-likeness (QED) is 0.671. The molecule has 152 valence electrons. The van der Waals surface area contributed by atoms with Gasteiger partial charge in [0.05, 0.1) is 29.8 Å². The predicted molar refractivity (Wildman–Crippen MR) is 103 cm³/mol. The molecule has 9 heteroatoms. The first-order valence-electron chi connectivity index (χ1n) is 9.33. The molecule has 4 rings (SSSR count). The lowest BCUT2D eigenvalue weighted by Gasteiger charge is -2.35. The Kier molecular flexibility index (Phi) is 5.23. The number of hydrogen-bond donors (Lipinski definition) is 0. The summed E-state index contributed by atoms with van der Waals surface area (Å²) in [5, 5.41) is 4.17. The molecule has 0 N–H and O–H groups in total. The summed E-state index contributed by atoms with van der Waals surface area (Å²) in [4.78, 5) is 13.4. The normalized spacial score (nSPS) is 15.7. The van der Waals surface area contributed by atoms with E-state index >= 15 is 0 Å². The molecule has 1 aliphatic rings. The largest absolute Gasteiger partial charge is 0.416 e. The molecule has 3 aromatic rings. The van der Waals surface area contributed by atoms with E-state index in [1.165, 1.54) is 0 Å². The number of aromatic nitrogens is 4. The van der Waals surface area contributed by atoms with Crippen molar-refractivity contribution in [2.45, 2.75) is 12.7 Å². The minimum Gasteiger partial charge on any atom is -0.353 e. The van der Waals surface area contributed by atoms with Crippen molar-refractivity contribution in [3.05, 3.63) is 60.2 Å². The van der Waals surface area contributed by atoms with Crippen molar-refractivity contribution in [2.24, 2.45) is 7.05 Å². The summed E-state index contributed by atoms with van der Waals surface area (Å²) in [6, 6.07) is 5.40. The van der Waals surface area contributed by atoms with Gasteiger partial charge in [-0.2, -0.15) is 18.3 Å². The standard InChI is InChI=1S/C20H21F3N6/c1-27-14-16(10-25-27)18-11-24-12-19(26-18)29-8-6-28(7-9-29)13-15-2-4-17(5-3-15)20(21,22)23/h2-5,10-12,14H,6-9,13H2,1H3. The molecule has 2 aromatic heterocycles. The Morgan fingerprint density at radius 1 is 0.966 bits per heavy atom. The number of anilines is 1. The smallest absolute Gasteiger partial charge is 0.353 e. The minimum absolute atomic E-state index is 0.613. The zero-order valence-corrected chi connectivity index (χ0v) is 16.0. The van der Waals surface area contributed by atoms with E-state index in [2.05, 4.69) is 19.9 Å². The Balaban J connectivity index is 1.36. The van der Waals surface area contributed by atoms with E-state index in [0.717, 1.165) is 61.0 Å². The fraction of sp³-hybridized carbons (Fsp3) is 0.350. The average molecular weight is 402 g/mol. The van der Waals surface area contributed by atoms with E-state index in [9.17, 15) is 13.2 Å². The van der Waals surface area contributed by atoms with E-state index in [1.54, 1.807) is 35.4 Å². The van der Waals surface area contributed by atoms with E-state index in [1.807, 2.05) is 13.2 Å². The van der Waals surface area contributed by atoms with Crippen LogP contribution >= 0.6 is 0 Å². The van der Waals surface area contributed by atoms with Crippen molar-refractivity contribution >= 4 is 5.82 Å². The number of piperazine rings is 1. The molecular weight excluding hydrogens is 381 g/mol. The Hall–Kier alpha value is -2.94. The van der Waals surface area contributed by atoms with Gasteiger partial charge in [0.25, 0.3) is 0 Å². The van der Waals surface area contributed by atoms with E-state index < -0.39 is 11.7 Å². The number of hydrogen-bond acceptors (Lipinski definition) is 5. The molecule has 1 saturated heterocycles. The molecule has 0 amide bonds. The number of nitrogens with zero attached hydrogens (tertiary/aromatic N) is 6. The fourth-order valence-corrected chi connectivity index (χ4v) is 3.39. The van der Waals surface area contributed by atoms with Gasteiger partial charge >= 0.3 is 6.18 Å². The van der Waals surface area contributed by atoms with Crippen LogP contribution in [0.1, 0.15) is 11.1 Å². The van der Waals surface area contributed by atoms with Crippen LogP contribution in [0.3, 0.4) is 0 Å². The highest BCUT2D eigenvalue weighted by Gasteiger charge is 2.30. The van der Waals surface area contributed by atoms with Crippen LogP contribution in [-0.2, 0) is 19.8 Å². The van der Waals surface area contributed by atoms with Gasteiger partial charge in [0.15, 0.2) is 0 Å². The average Bonchev–Trinajstić information content (AvgIpc) is 3.15.